The number of hydrogen-bond acceptors (Lipinski definition) is 4. The molecule has 0 saturated heterocycles. The quantitative estimate of drug-likeness (QED) is 0.818. The van der Waals surface area contributed by atoms with Crippen molar-refractivity contribution in [3.8, 4) is 0 Å². The first-order chi connectivity index (χ1) is 8.07. The van der Waals surface area contributed by atoms with E-state index in [1.807, 2.05) is 0 Å². The van der Waals surface area contributed by atoms with Crippen molar-refractivity contribution in [3.05, 3.63) is 5.82 Å². The summed E-state index contributed by atoms with van der Waals surface area (Å²) in [5.41, 5.74) is 0. The number of rotatable bonds is 3. The summed E-state index contributed by atoms with van der Waals surface area (Å²) in [7, 11) is 0. The van der Waals surface area contributed by atoms with Crippen LogP contribution in [0.4, 0.5) is 8.78 Å². The maximum Gasteiger partial charge on any atom is 0.248 e. The third-order valence-electron chi connectivity index (χ3n) is 2.90. The van der Waals surface area contributed by atoms with E-state index in [1.165, 1.54) is 0 Å². The van der Waals surface area contributed by atoms with E-state index < -0.39 is 5.92 Å². The Kier molecular flexibility index (Phi) is 3.30. The summed E-state index contributed by atoms with van der Waals surface area (Å²) in [6.45, 7) is 0.169. The van der Waals surface area contributed by atoms with Gasteiger partial charge in [0.25, 0.3) is 0 Å². The lowest BCUT2D eigenvalue weighted by Gasteiger charge is -2.27. The van der Waals surface area contributed by atoms with Gasteiger partial charge in [-0.2, -0.15) is 5.21 Å². The van der Waals surface area contributed by atoms with Gasteiger partial charge in [-0.3, -0.25) is 4.79 Å². The number of aromatic nitrogens is 4. The average Bonchev–Trinajstić information content (AvgIpc) is 2.78. The van der Waals surface area contributed by atoms with Gasteiger partial charge in [0.05, 0.1) is 6.54 Å². The molecule has 1 fully saturated rings. The number of carbonyl (C=O) groups is 1. The van der Waals surface area contributed by atoms with Gasteiger partial charge in [-0.15, -0.1) is 10.2 Å². The summed E-state index contributed by atoms with van der Waals surface area (Å²) in [5, 5.41) is 15.6. The first-order valence-corrected chi connectivity index (χ1v) is 5.45. The van der Waals surface area contributed by atoms with Crippen molar-refractivity contribution < 1.29 is 13.6 Å². The Morgan fingerprint density at radius 1 is 1.47 bits per heavy atom. The van der Waals surface area contributed by atoms with Crippen molar-refractivity contribution in [3.63, 3.8) is 0 Å². The molecule has 0 atom stereocenters. The molecule has 6 nitrogen and oxygen atoms in total. The van der Waals surface area contributed by atoms with Crippen LogP contribution in [-0.4, -0.2) is 32.5 Å². The highest BCUT2D eigenvalue weighted by atomic mass is 19.3. The summed E-state index contributed by atoms with van der Waals surface area (Å²) in [4.78, 5) is 11.7. The predicted molar refractivity (Wildman–Crippen MR) is 52.9 cm³/mol. The summed E-state index contributed by atoms with van der Waals surface area (Å²) < 4.78 is 25.8. The molecular formula is C9H13F2N5O. The lowest BCUT2D eigenvalue weighted by Crippen LogP contribution is -2.35. The van der Waals surface area contributed by atoms with Crippen molar-refractivity contribution in [2.75, 3.05) is 0 Å². The van der Waals surface area contributed by atoms with Crippen molar-refractivity contribution in [2.24, 2.45) is 5.92 Å². The third kappa shape index (κ3) is 3.18. The fourth-order valence-corrected chi connectivity index (χ4v) is 1.87. The minimum Gasteiger partial charge on any atom is -0.348 e. The minimum absolute atomic E-state index is 0.169. The van der Waals surface area contributed by atoms with Crippen LogP contribution in [0.1, 0.15) is 31.5 Å². The molecule has 1 aromatic heterocycles. The van der Waals surface area contributed by atoms with Gasteiger partial charge in [0.15, 0.2) is 5.82 Å². The lowest BCUT2D eigenvalue weighted by atomic mass is 9.86. The zero-order valence-corrected chi connectivity index (χ0v) is 9.12. The molecule has 2 rings (SSSR count). The van der Waals surface area contributed by atoms with Crippen molar-refractivity contribution in [1.82, 2.24) is 25.9 Å². The van der Waals surface area contributed by atoms with E-state index in [0.29, 0.717) is 5.82 Å². The number of alkyl halides is 2. The van der Waals surface area contributed by atoms with E-state index in [2.05, 4.69) is 25.9 Å². The number of amides is 1. The van der Waals surface area contributed by atoms with Gasteiger partial charge in [-0.05, 0) is 12.8 Å². The normalized spacial score (nSPS) is 20.1. The van der Waals surface area contributed by atoms with Crippen molar-refractivity contribution in [1.29, 1.82) is 0 Å². The Hall–Kier alpha value is -1.60. The molecule has 0 unspecified atom stereocenters. The molecule has 0 bridgehead atoms. The molecule has 94 valence electrons. The van der Waals surface area contributed by atoms with Gasteiger partial charge in [0.1, 0.15) is 0 Å². The zero-order chi connectivity index (χ0) is 12.3. The molecule has 1 heterocycles. The second-order valence-corrected chi connectivity index (χ2v) is 4.18. The SMILES string of the molecule is O=C(NCc1nn[nH]n1)C1CCC(F)(F)CC1. The Morgan fingerprint density at radius 2 is 2.18 bits per heavy atom. The standard InChI is InChI=1S/C9H13F2N5O/c10-9(11)3-1-6(2-4-9)8(17)12-5-7-13-15-16-14-7/h6H,1-5H2,(H,12,17)(H,13,14,15,16). The molecule has 1 aromatic rings. The Bertz CT molecular complexity index is 371. The van der Waals surface area contributed by atoms with Crippen LogP contribution in [0.2, 0.25) is 0 Å². The fraction of sp³-hybridized carbons (Fsp3) is 0.778. The van der Waals surface area contributed by atoms with Crippen LogP contribution in [0.5, 0.6) is 0 Å². The summed E-state index contributed by atoms with van der Waals surface area (Å²) in [6, 6.07) is 0. The first-order valence-electron chi connectivity index (χ1n) is 5.45. The van der Waals surface area contributed by atoms with Crippen molar-refractivity contribution >= 4 is 5.91 Å². The summed E-state index contributed by atoms with van der Waals surface area (Å²) in [5.74, 6) is -2.78. The smallest absolute Gasteiger partial charge is 0.248 e. The molecule has 0 spiro atoms. The number of halogens is 2. The van der Waals surface area contributed by atoms with E-state index in [9.17, 15) is 13.6 Å². The highest BCUT2D eigenvalue weighted by Gasteiger charge is 2.37. The van der Waals surface area contributed by atoms with E-state index in [-0.39, 0.29) is 44.1 Å². The Balaban J connectivity index is 1.77. The van der Waals surface area contributed by atoms with Gasteiger partial charge in [-0.25, -0.2) is 8.78 Å². The highest BCUT2D eigenvalue weighted by Crippen LogP contribution is 2.36. The maximum absolute atomic E-state index is 12.9. The second-order valence-electron chi connectivity index (χ2n) is 4.18. The number of carbonyl (C=O) groups excluding carboxylic acids is 1. The number of tetrazole rings is 1. The predicted octanol–water partition coefficient (Wildman–Crippen LogP) is 0.641. The highest BCUT2D eigenvalue weighted by molar-refractivity contribution is 5.78. The van der Waals surface area contributed by atoms with E-state index in [1.54, 1.807) is 0 Å². The van der Waals surface area contributed by atoms with Gasteiger partial charge in [0, 0.05) is 18.8 Å². The van der Waals surface area contributed by atoms with Crippen LogP contribution in [-0.2, 0) is 11.3 Å². The average molecular weight is 245 g/mol. The van der Waals surface area contributed by atoms with Crippen LogP contribution < -0.4 is 5.32 Å². The van der Waals surface area contributed by atoms with Gasteiger partial charge in [0.2, 0.25) is 11.8 Å². The van der Waals surface area contributed by atoms with Crippen LogP contribution in [0.25, 0.3) is 0 Å². The largest absolute Gasteiger partial charge is 0.348 e. The topological polar surface area (TPSA) is 83.6 Å². The number of nitrogens with one attached hydrogen (secondary N) is 2. The Labute approximate surface area is 96.2 Å². The first kappa shape index (κ1) is 11.9. The summed E-state index contributed by atoms with van der Waals surface area (Å²) in [6.07, 6.45) is 0.0246. The molecule has 1 aliphatic carbocycles. The van der Waals surface area contributed by atoms with E-state index in [0.717, 1.165) is 0 Å². The molecular weight excluding hydrogens is 232 g/mol. The lowest BCUT2D eigenvalue weighted by molar-refractivity contribution is -0.129. The van der Waals surface area contributed by atoms with Gasteiger partial charge >= 0.3 is 0 Å². The van der Waals surface area contributed by atoms with Crippen LogP contribution >= 0.6 is 0 Å². The van der Waals surface area contributed by atoms with Crippen LogP contribution in [0.3, 0.4) is 0 Å². The van der Waals surface area contributed by atoms with Crippen LogP contribution in [0, 0.1) is 5.92 Å². The van der Waals surface area contributed by atoms with E-state index >= 15 is 0 Å². The van der Waals surface area contributed by atoms with Crippen LogP contribution in [0.15, 0.2) is 0 Å². The molecule has 1 saturated carbocycles. The fourth-order valence-electron chi connectivity index (χ4n) is 1.87. The molecule has 2 N–H and O–H groups in total. The van der Waals surface area contributed by atoms with Crippen molar-refractivity contribution in [2.45, 2.75) is 38.2 Å². The molecule has 17 heavy (non-hydrogen) atoms. The number of nitrogens with zero attached hydrogens (tertiary/aromatic N) is 3. The Morgan fingerprint density at radius 3 is 2.76 bits per heavy atom. The van der Waals surface area contributed by atoms with Gasteiger partial charge in [-0.1, -0.05) is 5.21 Å². The molecule has 0 radical (unpaired) electrons. The second kappa shape index (κ2) is 4.72. The van der Waals surface area contributed by atoms with Gasteiger partial charge < -0.3 is 5.32 Å². The number of hydrogen-bond donors (Lipinski definition) is 2. The monoisotopic (exact) mass is 245 g/mol. The molecule has 0 aromatic carbocycles. The third-order valence-corrected chi connectivity index (χ3v) is 2.90. The molecule has 0 aliphatic heterocycles. The number of aromatic amines is 1. The zero-order valence-electron chi connectivity index (χ0n) is 9.12. The number of H-pyrrole nitrogens is 1. The summed E-state index contributed by atoms with van der Waals surface area (Å²) >= 11 is 0. The molecule has 1 amide bonds. The molecule has 8 heteroatoms. The maximum atomic E-state index is 12.9. The minimum atomic E-state index is -2.61. The van der Waals surface area contributed by atoms with E-state index in [4.69, 9.17) is 0 Å². The molecule has 1 aliphatic rings.